The normalized spacial score (nSPS) is 41.1. The fraction of sp³-hybridized carbons (Fsp3) is 1.00. The van der Waals surface area contributed by atoms with Crippen LogP contribution in [0.5, 0.6) is 0 Å². The van der Waals surface area contributed by atoms with Gasteiger partial charge in [0.15, 0.2) is 0 Å². The number of aliphatic hydroxyl groups is 2. The van der Waals surface area contributed by atoms with Crippen LogP contribution in [0, 0.1) is 0 Å². The molecule has 1 aliphatic carbocycles. The highest BCUT2D eigenvalue weighted by molar-refractivity contribution is 4.86. The van der Waals surface area contributed by atoms with Gasteiger partial charge in [-0.3, -0.25) is 4.90 Å². The molecule has 0 bridgehead atoms. The molecule has 1 heterocycles. The van der Waals surface area contributed by atoms with Crippen molar-refractivity contribution in [3.8, 4) is 0 Å². The Hall–Kier alpha value is -0.120. The number of likely N-dealkylation sites (tertiary alicyclic amines) is 1. The first-order valence-electron chi connectivity index (χ1n) is 5.87. The summed E-state index contributed by atoms with van der Waals surface area (Å²) < 4.78 is 0. The van der Waals surface area contributed by atoms with Crippen LogP contribution in [0.4, 0.5) is 0 Å². The lowest BCUT2D eigenvalue weighted by Gasteiger charge is -2.30. The quantitative estimate of drug-likeness (QED) is 0.612. The molecule has 2 aliphatic rings. The third-order valence-corrected chi connectivity index (χ3v) is 3.61. The van der Waals surface area contributed by atoms with Crippen molar-refractivity contribution in [2.75, 3.05) is 13.1 Å². The third-order valence-electron chi connectivity index (χ3n) is 3.61. The predicted molar refractivity (Wildman–Crippen MR) is 55.1 cm³/mol. The highest BCUT2D eigenvalue weighted by atomic mass is 16.3. The summed E-state index contributed by atoms with van der Waals surface area (Å²) >= 11 is 0. The third kappa shape index (κ3) is 2.27. The highest BCUT2D eigenvalue weighted by Gasteiger charge is 2.31. The second kappa shape index (κ2) is 4.60. The SMILES string of the molecule is OC1CCCCCC1N1CC[C@@H](O)C1. The van der Waals surface area contributed by atoms with Crippen LogP contribution in [0.1, 0.15) is 38.5 Å². The van der Waals surface area contributed by atoms with Crippen molar-refractivity contribution >= 4 is 0 Å². The van der Waals surface area contributed by atoms with E-state index in [0.717, 1.165) is 38.8 Å². The standard InChI is InChI=1S/C11H21NO2/c13-9-6-7-12(8-9)10-4-2-1-3-5-11(10)14/h9-11,13-14H,1-8H2/t9-,10?,11?/m1/s1. The van der Waals surface area contributed by atoms with Gasteiger partial charge in [0.1, 0.15) is 0 Å². The van der Waals surface area contributed by atoms with Gasteiger partial charge in [0.2, 0.25) is 0 Å². The van der Waals surface area contributed by atoms with Crippen molar-refractivity contribution in [3.05, 3.63) is 0 Å². The Kier molecular flexibility index (Phi) is 3.42. The van der Waals surface area contributed by atoms with Gasteiger partial charge in [-0.2, -0.15) is 0 Å². The summed E-state index contributed by atoms with van der Waals surface area (Å²) in [6.07, 6.45) is 6.24. The summed E-state index contributed by atoms with van der Waals surface area (Å²) in [4.78, 5) is 2.28. The zero-order chi connectivity index (χ0) is 9.97. The highest BCUT2D eigenvalue weighted by Crippen LogP contribution is 2.25. The van der Waals surface area contributed by atoms with E-state index in [-0.39, 0.29) is 12.2 Å². The molecule has 0 aromatic rings. The fourth-order valence-corrected chi connectivity index (χ4v) is 2.76. The Morgan fingerprint density at radius 3 is 2.43 bits per heavy atom. The van der Waals surface area contributed by atoms with Crippen LogP contribution in [-0.4, -0.2) is 46.5 Å². The summed E-state index contributed by atoms with van der Waals surface area (Å²) in [5.41, 5.74) is 0. The molecule has 1 saturated heterocycles. The molecule has 2 unspecified atom stereocenters. The summed E-state index contributed by atoms with van der Waals surface area (Å²) in [5, 5.41) is 19.4. The van der Waals surface area contributed by atoms with E-state index in [1.165, 1.54) is 12.8 Å². The van der Waals surface area contributed by atoms with Crippen molar-refractivity contribution in [3.63, 3.8) is 0 Å². The first kappa shape index (κ1) is 10.4. The maximum absolute atomic E-state index is 9.97. The molecule has 3 nitrogen and oxygen atoms in total. The monoisotopic (exact) mass is 199 g/mol. The summed E-state index contributed by atoms with van der Waals surface area (Å²) in [6.45, 7) is 1.73. The van der Waals surface area contributed by atoms with Crippen molar-refractivity contribution in [1.29, 1.82) is 0 Å². The molecule has 0 aromatic carbocycles. The molecular formula is C11H21NO2. The average molecular weight is 199 g/mol. The van der Waals surface area contributed by atoms with E-state index in [1.54, 1.807) is 0 Å². The molecule has 0 amide bonds. The number of nitrogens with zero attached hydrogens (tertiary/aromatic N) is 1. The van der Waals surface area contributed by atoms with Crippen molar-refractivity contribution in [2.45, 2.75) is 56.8 Å². The smallest absolute Gasteiger partial charge is 0.0695 e. The summed E-state index contributed by atoms with van der Waals surface area (Å²) in [7, 11) is 0. The number of β-amino-alcohol motifs (C(OH)–C–C–N with tert-alkyl or cyclic N) is 1. The summed E-state index contributed by atoms with van der Waals surface area (Å²) in [5.74, 6) is 0. The van der Waals surface area contributed by atoms with Crippen LogP contribution >= 0.6 is 0 Å². The molecule has 0 aromatic heterocycles. The number of hydrogen-bond acceptors (Lipinski definition) is 3. The van der Waals surface area contributed by atoms with E-state index in [9.17, 15) is 10.2 Å². The van der Waals surface area contributed by atoms with Gasteiger partial charge in [-0.1, -0.05) is 19.3 Å². The summed E-state index contributed by atoms with van der Waals surface area (Å²) in [6, 6.07) is 0.314. The predicted octanol–water partition coefficient (Wildman–Crippen LogP) is 0.747. The van der Waals surface area contributed by atoms with Crippen LogP contribution in [0.15, 0.2) is 0 Å². The molecule has 3 atom stereocenters. The Bertz CT molecular complexity index is 186. The molecule has 0 radical (unpaired) electrons. The zero-order valence-electron chi connectivity index (χ0n) is 8.73. The zero-order valence-corrected chi connectivity index (χ0v) is 8.73. The Morgan fingerprint density at radius 1 is 0.929 bits per heavy atom. The first-order valence-corrected chi connectivity index (χ1v) is 5.87. The van der Waals surface area contributed by atoms with Gasteiger partial charge < -0.3 is 10.2 Å². The molecule has 82 valence electrons. The van der Waals surface area contributed by atoms with Gasteiger partial charge in [0, 0.05) is 19.1 Å². The maximum Gasteiger partial charge on any atom is 0.0695 e. The van der Waals surface area contributed by atoms with E-state index in [2.05, 4.69) is 4.90 Å². The second-order valence-corrected chi connectivity index (χ2v) is 4.71. The number of rotatable bonds is 1. The van der Waals surface area contributed by atoms with Crippen LogP contribution < -0.4 is 0 Å². The molecule has 3 heteroatoms. The van der Waals surface area contributed by atoms with E-state index in [1.807, 2.05) is 0 Å². The number of hydrogen-bond donors (Lipinski definition) is 2. The van der Waals surface area contributed by atoms with Gasteiger partial charge in [-0.25, -0.2) is 0 Å². The molecule has 2 rings (SSSR count). The van der Waals surface area contributed by atoms with Gasteiger partial charge in [0.25, 0.3) is 0 Å². The lowest BCUT2D eigenvalue weighted by Crippen LogP contribution is -2.42. The van der Waals surface area contributed by atoms with Crippen molar-refractivity contribution in [1.82, 2.24) is 4.90 Å². The van der Waals surface area contributed by atoms with E-state index < -0.39 is 0 Å². The Labute approximate surface area is 85.7 Å². The van der Waals surface area contributed by atoms with Crippen LogP contribution in [0.3, 0.4) is 0 Å². The molecule has 14 heavy (non-hydrogen) atoms. The topological polar surface area (TPSA) is 43.7 Å². The van der Waals surface area contributed by atoms with Crippen LogP contribution in [0.25, 0.3) is 0 Å². The first-order chi connectivity index (χ1) is 6.77. The number of aliphatic hydroxyl groups excluding tert-OH is 2. The average Bonchev–Trinajstić information content (AvgIpc) is 2.46. The minimum absolute atomic E-state index is 0.162. The van der Waals surface area contributed by atoms with Gasteiger partial charge in [-0.15, -0.1) is 0 Å². The molecule has 2 fully saturated rings. The van der Waals surface area contributed by atoms with Crippen molar-refractivity contribution in [2.24, 2.45) is 0 Å². The van der Waals surface area contributed by atoms with Gasteiger partial charge in [0.05, 0.1) is 12.2 Å². The van der Waals surface area contributed by atoms with Crippen LogP contribution in [0.2, 0.25) is 0 Å². The largest absolute Gasteiger partial charge is 0.392 e. The van der Waals surface area contributed by atoms with Crippen LogP contribution in [-0.2, 0) is 0 Å². The molecule has 0 spiro atoms. The Morgan fingerprint density at radius 2 is 1.71 bits per heavy atom. The molecule has 2 N–H and O–H groups in total. The molecular weight excluding hydrogens is 178 g/mol. The second-order valence-electron chi connectivity index (χ2n) is 4.71. The van der Waals surface area contributed by atoms with Gasteiger partial charge in [-0.05, 0) is 19.3 Å². The fourth-order valence-electron chi connectivity index (χ4n) is 2.76. The lowest BCUT2D eigenvalue weighted by atomic mass is 10.0. The minimum atomic E-state index is -0.164. The Balaban J connectivity index is 1.93. The lowest BCUT2D eigenvalue weighted by molar-refractivity contribution is 0.0493. The van der Waals surface area contributed by atoms with Crippen molar-refractivity contribution < 1.29 is 10.2 Å². The maximum atomic E-state index is 9.97. The molecule has 1 aliphatic heterocycles. The van der Waals surface area contributed by atoms with Gasteiger partial charge >= 0.3 is 0 Å². The van der Waals surface area contributed by atoms with E-state index in [0.29, 0.717) is 6.04 Å². The van der Waals surface area contributed by atoms with E-state index in [4.69, 9.17) is 0 Å². The molecule has 1 saturated carbocycles. The van der Waals surface area contributed by atoms with E-state index >= 15 is 0 Å². The minimum Gasteiger partial charge on any atom is -0.392 e.